The van der Waals surface area contributed by atoms with E-state index in [9.17, 15) is 22.2 Å². The predicted molar refractivity (Wildman–Crippen MR) is 144 cm³/mol. The Hall–Kier alpha value is -3.98. The molecule has 0 bridgehead atoms. The average Bonchev–Trinajstić information content (AvgIpc) is 2.95. The van der Waals surface area contributed by atoms with Crippen LogP contribution in [0.3, 0.4) is 0 Å². The SMILES string of the molecule is COc1cc(C(=O)N2CCOCC2)ccc1Nc1ncc(C(F)(F)F)c(NCc2cccnc2N(C)S(C)=O)n1. The fraction of sp³-hybridized carbons (Fsp3) is 0.360. The Morgan fingerprint density at radius 3 is 2.65 bits per heavy atom. The van der Waals surface area contributed by atoms with E-state index in [1.54, 1.807) is 42.3 Å². The van der Waals surface area contributed by atoms with E-state index in [1.165, 1.54) is 23.9 Å². The average molecular weight is 580 g/mol. The zero-order chi connectivity index (χ0) is 28.9. The van der Waals surface area contributed by atoms with Gasteiger partial charge in [-0.05, 0) is 24.3 Å². The Kier molecular flexibility index (Phi) is 9.04. The summed E-state index contributed by atoms with van der Waals surface area (Å²) < 4.78 is 65.4. The summed E-state index contributed by atoms with van der Waals surface area (Å²) in [7, 11) is 1.60. The number of aromatic nitrogens is 3. The van der Waals surface area contributed by atoms with Crippen LogP contribution in [0.4, 0.5) is 36.4 Å². The molecule has 2 aromatic heterocycles. The number of amides is 1. The number of benzene rings is 1. The van der Waals surface area contributed by atoms with Crippen LogP contribution in [0, 0.1) is 0 Å². The molecule has 1 aliphatic heterocycles. The van der Waals surface area contributed by atoms with E-state index in [0.717, 1.165) is 0 Å². The number of morpholine rings is 1. The zero-order valence-electron chi connectivity index (χ0n) is 22.0. The summed E-state index contributed by atoms with van der Waals surface area (Å²) in [5.74, 6) is -0.129. The van der Waals surface area contributed by atoms with E-state index in [1.807, 2.05) is 0 Å². The number of pyridine rings is 1. The van der Waals surface area contributed by atoms with Gasteiger partial charge >= 0.3 is 6.18 Å². The topological polar surface area (TPSA) is 122 Å². The van der Waals surface area contributed by atoms with Crippen molar-refractivity contribution in [1.29, 1.82) is 0 Å². The number of nitrogens with one attached hydrogen (secondary N) is 2. The summed E-state index contributed by atoms with van der Waals surface area (Å²) in [6, 6.07) is 8.00. The number of ether oxygens (including phenoxy) is 2. The molecule has 1 amide bonds. The largest absolute Gasteiger partial charge is 0.495 e. The molecule has 11 nitrogen and oxygen atoms in total. The van der Waals surface area contributed by atoms with Crippen LogP contribution in [-0.4, -0.2) is 76.7 Å². The Morgan fingerprint density at radius 1 is 1.23 bits per heavy atom. The summed E-state index contributed by atoms with van der Waals surface area (Å²) in [6.07, 6.45) is -1.07. The number of anilines is 4. The first kappa shape index (κ1) is 29.0. The second-order valence-electron chi connectivity index (χ2n) is 8.66. The number of hydrogen-bond donors (Lipinski definition) is 2. The quantitative estimate of drug-likeness (QED) is 0.393. The van der Waals surface area contributed by atoms with Crippen molar-refractivity contribution >= 4 is 40.2 Å². The summed E-state index contributed by atoms with van der Waals surface area (Å²) in [4.78, 5) is 26.6. The maximum absolute atomic E-state index is 13.8. The van der Waals surface area contributed by atoms with Crippen LogP contribution in [0.25, 0.3) is 0 Å². The number of halogens is 3. The van der Waals surface area contributed by atoms with Gasteiger partial charge in [-0.15, -0.1) is 0 Å². The minimum Gasteiger partial charge on any atom is -0.495 e. The lowest BCUT2D eigenvalue weighted by molar-refractivity contribution is -0.137. The fourth-order valence-electron chi connectivity index (χ4n) is 3.93. The normalized spacial score (nSPS) is 14.4. The van der Waals surface area contributed by atoms with Crippen LogP contribution in [0.2, 0.25) is 0 Å². The Morgan fingerprint density at radius 2 is 1.98 bits per heavy atom. The molecule has 214 valence electrons. The standard InChI is InChI=1S/C25H28F3N7O4S/c1-34(40(3)37)22-17(5-4-8-29-22)14-30-21-18(25(26,27)28)15-31-24(33-21)32-19-7-6-16(13-20(19)38-2)23(36)35-9-11-39-12-10-35/h4-8,13,15H,9-12,14H2,1-3H3,(H2,30,31,32,33). The molecule has 0 radical (unpaired) electrons. The molecule has 1 aliphatic rings. The minimum absolute atomic E-state index is 0.0775. The molecule has 1 saturated heterocycles. The number of carbonyl (C=O) groups excluding carboxylic acids is 1. The van der Waals surface area contributed by atoms with Gasteiger partial charge < -0.3 is 25.0 Å². The van der Waals surface area contributed by atoms with E-state index in [2.05, 4.69) is 25.6 Å². The molecule has 3 aromatic rings. The lowest BCUT2D eigenvalue weighted by atomic mass is 10.1. The molecule has 1 atom stereocenters. The molecule has 1 fully saturated rings. The van der Waals surface area contributed by atoms with E-state index in [4.69, 9.17) is 9.47 Å². The molecule has 40 heavy (non-hydrogen) atoms. The van der Waals surface area contributed by atoms with E-state index in [0.29, 0.717) is 55.1 Å². The second-order valence-corrected chi connectivity index (χ2v) is 10.1. The molecule has 0 aliphatic carbocycles. The van der Waals surface area contributed by atoms with Gasteiger partial charge in [-0.3, -0.25) is 9.10 Å². The van der Waals surface area contributed by atoms with Crippen LogP contribution in [0.1, 0.15) is 21.5 Å². The van der Waals surface area contributed by atoms with Crippen molar-refractivity contribution in [2.24, 2.45) is 0 Å². The highest BCUT2D eigenvalue weighted by Crippen LogP contribution is 2.35. The van der Waals surface area contributed by atoms with Gasteiger partial charge in [-0.1, -0.05) is 6.07 Å². The van der Waals surface area contributed by atoms with E-state index < -0.39 is 28.5 Å². The Bertz CT molecular complexity index is 1390. The van der Waals surface area contributed by atoms with Gasteiger partial charge in [0.05, 0.1) is 26.0 Å². The number of rotatable bonds is 9. The van der Waals surface area contributed by atoms with Gasteiger partial charge in [0, 0.05) is 56.5 Å². The van der Waals surface area contributed by atoms with Gasteiger partial charge in [-0.2, -0.15) is 18.2 Å². The molecule has 4 rings (SSSR count). The van der Waals surface area contributed by atoms with Crippen molar-refractivity contribution in [3.8, 4) is 5.75 Å². The van der Waals surface area contributed by atoms with Gasteiger partial charge in [0.15, 0.2) is 0 Å². The number of hydrogen-bond acceptors (Lipinski definition) is 9. The maximum atomic E-state index is 13.8. The van der Waals surface area contributed by atoms with Crippen molar-refractivity contribution in [2.45, 2.75) is 12.7 Å². The first-order chi connectivity index (χ1) is 19.1. The highest BCUT2D eigenvalue weighted by Gasteiger charge is 2.35. The fourth-order valence-corrected chi connectivity index (χ4v) is 4.34. The van der Waals surface area contributed by atoms with Crippen molar-refractivity contribution in [1.82, 2.24) is 19.9 Å². The first-order valence-electron chi connectivity index (χ1n) is 12.1. The highest BCUT2D eigenvalue weighted by atomic mass is 32.2. The summed E-state index contributed by atoms with van der Waals surface area (Å²) in [6.45, 7) is 1.79. The summed E-state index contributed by atoms with van der Waals surface area (Å²) >= 11 is 0. The second kappa shape index (κ2) is 12.5. The molecule has 0 saturated carbocycles. The molecular formula is C25H28F3N7O4S. The lowest BCUT2D eigenvalue weighted by Crippen LogP contribution is -2.40. The third kappa shape index (κ3) is 6.77. The van der Waals surface area contributed by atoms with Crippen LogP contribution < -0.4 is 19.7 Å². The van der Waals surface area contributed by atoms with Crippen LogP contribution in [0.15, 0.2) is 42.7 Å². The summed E-state index contributed by atoms with van der Waals surface area (Å²) in [5, 5.41) is 5.59. The zero-order valence-corrected chi connectivity index (χ0v) is 22.8. The smallest absolute Gasteiger partial charge is 0.421 e. The Labute approximate surface area is 231 Å². The number of carbonyl (C=O) groups is 1. The molecule has 1 aromatic carbocycles. The molecule has 0 spiro atoms. The van der Waals surface area contributed by atoms with Gasteiger partial charge in [-0.25, -0.2) is 14.2 Å². The summed E-state index contributed by atoms with van der Waals surface area (Å²) in [5.41, 5.74) is 0.205. The van der Waals surface area contributed by atoms with Crippen molar-refractivity contribution in [2.75, 3.05) is 61.7 Å². The van der Waals surface area contributed by atoms with E-state index >= 15 is 0 Å². The molecular weight excluding hydrogens is 551 g/mol. The Balaban J connectivity index is 1.58. The van der Waals surface area contributed by atoms with Crippen LogP contribution >= 0.6 is 0 Å². The van der Waals surface area contributed by atoms with Crippen LogP contribution in [-0.2, 0) is 28.4 Å². The van der Waals surface area contributed by atoms with E-state index in [-0.39, 0.29) is 24.1 Å². The number of alkyl halides is 3. The third-order valence-corrected chi connectivity index (χ3v) is 7.03. The molecule has 15 heteroatoms. The molecule has 3 heterocycles. The molecule has 1 unspecified atom stereocenters. The van der Waals surface area contributed by atoms with Crippen molar-refractivity contribution in [3.05, 3.63) is 59.4 Å². The number of methoxy groups -OCH3 is 1. The predicted octanol–water partition coefficient (Wildman–Crippen LogP) is 3.46. The van der Waals surface area contributed by atoms with Crippen molar-refractivity contribution < 1.29 is 31.6 Å². The van der Waals surface area contributed by atoms with Crippen LogP contribution in [0.5, 0.6) is 5.75 Å². The van der Waals surface area contributed by atoms with Gasteiger partial charge in [0.1, 0.15) is 33.9 Å². The van der Waals surface area contributed by atoms with Gasteiger partial charge in [0.2, 0.25) is 5.95 Å². The van der Waals surface area contributed by atoms with Crippen molar-refractivity contribution in [3.63, 3.8) is 0 Å². The first-order valence-corrected chi connectivity index (χ1v) is 13.6. The minimum atomic E-state index is -4.72. The molecule has 2 N–H and O–H groups in total. The third-order valence-electron chi connectivity index (χ3n) is 6.09. The number of nitrogens with zero attached hydrogens (tertiary/aromatic N) is 5. The lowest BCUT2D eigenvalue weighted by Gasteiger charge is -2.27. The highest BCUT2D eigenvalue weighted by molar-refractivity contribution is 7.85. The maximum Gasteiger partial charge on any atom is 0.421 e. The van der Waals surface area contributed by atoms with Gasteiger partial charge in [0.25, 0.3) is 5.91 Å². The monoisotopic (exact) mass is 579 g/mol.